The molecular formula is C34H35N9O. The van der Waals surface area contributed by atoms with Crippen molar-refractivity contribution in [2.24, 2.45) is 18.4 Å². The van der Waals surface area contributed by atoms with Gasteiger partial charge in [0.2, 0.25) is 0 Å². The van der Waals surface area contributed by atoms with Gasteiger partial charge < -0.3 is 20.6 Å². The van der Waals surface area contributed by atoms with Crippen molar-refractivity contribution >= 4 is 33.1 Å². The largest absolute Gasteiger partial charge is 0.383 e. The maximum Gasteiger partial charge on any atom is 0.258 e. The van der Waals surface area contributed by atoms with Gasteiger partial charge in [-0.15, -0.1) is 5.53 Å². The Bertz CT molecular complexity index is 1990. The van der Waals surface area contributed by atoms with Crippen LogP contribution in [0.1, 0.15) is 62.8 Å². The molecule has 10 nitrogen and oxygen atoms in total. The van der Waals surface area contributed by atoms with Gasteiger partial charge in [-0.25, -0.2) is 0 Å². The summed E-state index contributed by atoms with van der Waals surface area (Å²) in [6, 6.07) is 15.7. The maximum absolute atomic E-state index is 13.1. The zero-order valence-corrected chi connectivity index (χ0v) is 25.3. The molecule has 0 saturated heterocycles. The number of hydrogen-bond donors (Lipinski definition) is 4. The number of fused-ring (bicyclic) bond motifs is 2. The second kappa shape index (κ2) is 10.0. The van der Waals surface area contributed by atoms with E-state index in [0.29, 0.717) is 45.3 Å². The van der Waals surface area contributed by atoms with Crippen LogP contribution in [-0.2, 0) is 7.05 Å². The van der Waals surface area contributed by atoms with Crippen LogP contribution >= 0.6 is 0 Å². The number of benzene rings is 2. The minimum atomic E-state index is -0.391. The Balaban J connectivity index is 1.37. The number of aromatic nitrogens is 2. The lowest BCUT2D eigenvalue weighted by Crippen LogP contribution is -2.69. The number of nitriles is 2. The SMILES string of the molecule is Cn1ccc2c([C@H](Nc3cc(C#N)c4ncc(C#N)c(NCC(C)(C)C)c4c3)C3=CN(C45CC(C4)C5)NN3)cccc2c1=O. The Morgan fingerprint density at radius 1 is 1.09 bits per heavy atom. The second-order valence-electron chi connectivity index (χ2n) is 13.6. The Morgan fingerprint density at radius 3 is 2.55 bits per heavy atom. The summed E-state index contributed by atoms with van der Waals surface area (Å²) in [5.41, 5.74) is 11.4. The van der Waals surface area contributed by atoms with Gasteiger partial charge in [-0.05, 0) is 65.8 Å². The molecule has 0 unspecified atom stereocenters. The van der Waals surface area contributed by atoms with Crippen LogP contribution in [-0.4, -0.2) is 26.6 Å². The molecule has 0 radical (unpaired) electrons. The van der Waals surface area contributed by atoms with Crippen LogP contribution in [0.5, 0.6) is 0 Å². The monoisotopic (exact) mass is 585 g/mol. The van der Waals surface area contributed by atoms with Crippen LogP contribution in [0.3, 0.4) is 0 Å². The third kappa shape index (κ3) is 4.50. The van der Waals surface area contributed by atoms with Crippen molar-refractivity contribution in [3.63, 3.8) is 0 Å². The number of hydrazine groups is 2. The molecule has 44 heavy (non-hydrogen) atoms. The molecule has 0 amide bonds. The highest BCUT2D eigenvalue weighted by Crippen LogP contribution is 2.60. The predicted molar refractivity (Wildman–Crippen MR) is 171 cm³/mol. The molecule has 222 valence electrons. The smallest absolute Gasteiger partial charge is 0.258 e. The van der Waals surface area contributed by atoms with Gasteiger partial charge in [-0.1, -0.05) is 32.9 Å². The summed E-state index contributed by atoms with van der Waals surface area (Å²) >= 11 is 0. The Kier molecular flexibility index (Phi) is 6.31. The minimum absolute atomic E-state index is 0.0351. The maximum atomic E-state index is 13.1. The summed E-state index contributed by atoms with van der Waals surface area (Å²) in [5.74, 6) is 0.826. The lowest BCUT2D eigenvalue weighted by Gasteiger charge is -2.64. The van der Waals surface area contributed by atoms with Gasteiger partial charge in [0.05, 0.1) is 39.6 Å². The molecule has 0 spiro atoms. The highest BCUT2D eigenvalue weighted by Gasteiger charge is 2.60. The summed E-state index contributed by atoms with van der Waals surface area (Å²) in [7, 11) is 1.75. The minimum Gasteiger partial charge on any atom is -0.383 e. The zero-order chi connectivity index (χ0) is 30.8. The molecule has 1 aliphatic heterocycles. The number of rotatable bonds is 7. The van der Waals surface area contributed by atoms with Crippen LogP contribution in [0, 0.1) is 34.0 Å². The van der Waals surface area contributed by atoms with Gasteiger partial charge in [-0.2, -0.15) is 10.5 Å². The van der Waals surface area contributed by atoms with Crippen molar-refractivity contribution in [1.82, 2.24) is 25.5 Å². The van der Waals surface area contributed by atoms with E-state index in [2.05, 4.69) is 70.7 Å². The summed E-state index contributed by atoms with van der Waals surface area (Å²) in [6.45, 7) is 7.00. The quantitative estimate of drug-likeness (QED) is 0.232. The number of pyridine rings is 2. The molecule has 2 aromatic carbocycles. The van der Waals surface area contributed by atoms with E-state index in [1.54, 1.807) is 23.9 Å². The van der Waals surface area contributed by atoms with E-state index in [1.807, 2.05) is 30.3 Å². The number of anilines is 2. The van der Waals surface area contributed by atoms with Crippen molar-refractivity contribution < 1.29 is 0 Å². The molecule has 2 bridgehead atoms. The second-order valence-corrected chi connectivity index (χ2v) is 13.6. The van der Waals surface area contributed by atoms with E-state index < -0.39 is 6.04 Å². The fraction of sp³-hybridized carbons (Fsp3) is 0.353. The van der Waals surface area contributed by atoms with Crippen LogP contribution in [0.4, 0.5) is 11.4 Å². The number of nitrogens with one attached hydrogen (secondary N) is 4. The van der Waals surface area contributed by atoms with Gasteiger partial charge in [0, 0.05) is 48.6 Å². The van der Waals surface area contributed by atoms with Crippen LogP contribution < -0.4 is 27.2 Å². The first kappa shape index (κ1) is 27.8. The average molecular weight is 586 g/mol. The van der Waals surface area contributed by atoms with Crippen molar-refractivity contribution in [3.8, 4) is 12.1 Å². The average Bonchev–Trinajstić information content (AvgIpc) is 3.43. The summed E-state index contributed by atoms with van der Waals surface area (Å²) in [5, 5.41) is 31.6. The Hall–Kier alpha value is -5.06. The van der Waals surface area contributed by atoms with Crippen molar-refractivity contribution in [3.05, 3.63) is 87.7 Å². The van der Waals surface area contributed by atoms with Crippen molar-refractivity contribution in [1.29, 1.82) is 10.5 Å². The van der Waals surface area contributed by atoms with Gasteiger partial charge in [-0.3, -0.25) is 14.8 Å². The molecule has 4 aromatic rings. The van der Waals surface area contributed by atoms with E-state index >= 15 is 0 Å². The number of nitrogens with zero attached hydrogens (tertiary/aromatic N) is 5. The molecule has 4 aliphatic rings. The van der Waals surface area contributed by atoms with E-state index in [-0.39, 0.29) is 16.5 Å². The summed E-state index contributed by atoms with van der Waals surface area (Å²) in [4.78, 5) is 17.6. The predicted octanol–water partition coefficient (Wildman–Crippen LogP) is 5.16. The lowest BCUT2D eigenvalue weighted by molar-refractivity contribution is -0.141. The normalized spacial score (nSPS) is 21.0. The number of hydrogen-bond acceptors (Lipinski definition) is 9. The van der Waals surface area contributed by atoms with Crippen LogP contribution in [0.2, 0.25) is 0 Å². The lowest BCUT2D eigenvalue weighted by atomic mass is 9.49. The Morgan fingerprint density at radius 2 is 1.86 bits per heavy atom. The Labute approximate surface area is 255 Å². The first-order valence-electron chi connectivity index (χ1n) is 15.0. The molecule has 3 aliphatic carbocycles. The first-order valence-corrected chi connectivity index (χ1v) is 15.0. The van der Waals surface area contributed by atoms with Gasteiger partial charge in [0.15, 0.2) is 0 Å². The van der Waals surface area contributed by atoms with Gasteiger partial charge in [0.1, 0.15) is 12.1 Å². The molecule has 10 heteroatoms. The van der Waals surface area contributed by atoms with E-state index in [4.69, 9.17) is 0 Å². The molecule has 3 heterocycles. The fourth-order valence-corrected chi connectivity index (χ4v) is 6.70. The van der Waals surface area contributed by atoms with Gasteiger partial charge in [0.25, 0.3) is 5.56 Å². The third-order valence-electron chi connectivity index (χ3n) is 9.20. The van der Waals surface area contributed by atoms with Crippen LogP contribution in [0.15, 0.2) is 65.5 Å². The molecular weight excluding hydrogens is 550 g/mol. The molecule has 8 rings (SSSR count). The summed E-state index contributed by atoms with van der Waals surface area (Å²) in [6.07, 6.45) is 9.00. The molecule has 4 N–H and O–H groups in total. The highest BCUT2D eigenvalue weighted by atomic mass is 16.1. The molecule has 3 fully saturated rings. The van der Waals surface area contributed by atoms with E-state index in [0.717, 1.165) is 22.6 Å². The third-order valence-corrected chi connectivity index (χ3v) is 9.20. The number of aryl methyl sites for hydroxylation is 1. The van der Waals surface area contributed by atoms with E-state index in [9.17, 15) is 15.3 Å². The topological polar surface area (TPSA) is 134 Å². The molecule has 3 saturated carbocycles. The van der Waals surface area contributed by atoms with Crippen molar-refractivity contribution in [2.45, 2.75) is 51.6 Å². The van der Waals surface area contributed by atoms with Crippen LogP contribution in [0.25, 0.3) is 21.7 Å². The summed E-state index contributed by atoms with van der Waals surface area (Å²) < 4.78 is 1.59. The van der Waals surface area contributed by atoms with Crippen molar-refractivity contribution in [2.75, 3.05) is 17.2 Å². The van der Waals surface area contributed by atoms with Gasteiger partial charge >= 0.3 is 0 Å². The highest BCUT2D eigenvalue weighted by molar-refractivity contribution is 5.99. The van der Waals surface area contributed by atoms with E-state index in [1.165, 1.54) is 25.5 Å². The fourth-order valence-electron chi connectivity index (χ4n) is 6.70. The molecule has 2 aromatic heterocycles. The zero-order valence-electron chi connectivity index (χ0n) is 25.3. The first-order chi connectivity index (χ1) is 21.1. The standard InChI is InChI=1S/C34H35N9O/c1-33(2,3)19-38-30-22(16-36)17-37-29-21(15-35)10-23(11-27(29)30)39-31(28-18-43(41-40-28)34-12-20(13-34)14-34)25-6-5-7-26-24(25)8-9-42(4)32(26)44/h5-11,17-18,20,31,39-41H,12-14,19H2,1-4H3,(H,37,38)/t20?,31-,34?/m0/s1. The molecule has 1 atom stereocenters.